The van der Waals surface area contributed by atoms with Crippen LogP contribution in [0.5, 0.6) is 0 Å². The Kier molecular flexibility index (Phi) is 6.45. The van der Waals surface area contributed by atoms with Crippen molar-refractivity contribution in [1.29, 1.82) is 0 Å². The van der Waals surface area contributed by atoms with Crippen LogP contribution in [0.4, 0.5) is 14.9 Å². The lowest BCUT2D eigenvalue weighted by atomic mass is 9.81. The van der Waals surface area contributed by atoms with E-state index < -0.39 is 17.9 Å². The molecule has 2 saturated carbocycles. The fourth-order valence-corrected chi connectivity index (χ4v) is 5.71. The number of aliphatic carboxylic acids is 1. The predicted octanol–water partition coefficient (Wildman–Crippen LogP) is 5.05. The maximum absolute atomic E-state index is 14.5. The second kappa shape index (κ2) is 9.68. The molecule has 1 aliphatic heterocycles. The van der Waals surface area contributed by atoms with Crippen LogP contribution in [0.1, 0.15) is 62.1 Å². The van der Waals surface area contributed by atoms with Crippen LogP contribution in [0.2, 0.25) is 0 Å². The third-order valence-electron chi connectivity index (χ3n) is 7.32. The van der Waals surface area contributed by atoms with Gasteiger partial charge in [-0.1, -0.05) is 36.8 Å². The molecule has 8 heteroatoms. The van der Waals surface area contributed by atoms with E-state index in [0.29, 0.717) is 11.3 Å². The Balaban J connectivity index is 1.49. The molecule has 5 rings (SSSR count). The smallest absolute Gasteiger partial charge is 0.414 e. The summed E-state index contributed by atoms with van der Waals surface area (Å²) in [5.74, 6) is -1.74. The van der Waals surface area contributed by atoms with E-state index in [2.05, 4.69) is 0 Å². The van der Waals surface area contributed by atoms with E-state index in [-0.39, 0.29) is 49.4 Å². The number of carbonyl (C=O) groups is 3. The molecule has 2 fully saturated rings. The summed E-state index contributed by atoms with van der Waals surface area (Å²) in [4.78, 5) is 41.2. The minimum absolute atomic E-state index is 0.0234. The van der Waals surface area contributed by atoms with Crippen molar-refractivity contribution in [3.05, 3.63) is 65.5 Å². The van der Waals surface area contributed by atoms with Crippen LogP contribution in [0, 0.1) is 11.7 Å². The highest BCUT2D eigenvalue weighted by atomic mass is 19.1. The van der Waals surface area contributed by atoms with Gasteiger partial charge in [0.25, 0.3) is 0 Å². The summed E-state index contributed by atoms with van der Waals surface area (Å²) in [6.07, 6.45) is 3.33. The van der Waals surface area contributed by atoms with Gasteiger partial charge in [-0.2, -0.15) is 0 Å². The van der Waals surface area contributed by atoms with Crippen molar-refractivity contribution >= 4 is 23.7 Å². The van der Waals surface area contributed by atoms with Crippen molar-refractivity contribution < 1.29 is 28.6 Å². The van der Waals surface area contributed by atoms with Crippen molar-refractivity contribution in [2.75, 3.05) is 4.90 Å². The molecule has 0 spiro atoms. The van der Waals surface area contributed by atoms with Gasteiger partial charge in [-0.25, -0.2) is 9.18 Å². The molecule has 0 bridgehead atoms. The lowest BCUT2D eigenvalue weighted by Gasteiger charge is -2.47. The topological polar surface area (TPSA) is 87.2 Å². The van der Waals surface area contributed by atoms with Gasteiger partial charge in [-0.05, 0) is 49.4 Å². The van der Waals surface area contributed by atoms with Gasteiger partial charge in [-0.3, -0.25) is 14.5 Å². The molecule has 1 N–H and O–H groups in total. The van der Waals surface area contributed by atoms with Gasteiger partial charge >= 0.3 is 12.1 Å². The van der Waals surface area contributed by atoms with Gasteiger partial charge in [0, 0.05) is 30.0 Å². The van der Waals surface area contributed by atoms with Crippen molar-refractivity contribution in [3.63, 3.8) is 0 Å². The zero-order valence-electron chi connectivity index (χ0n) is 19.4. The van der Waals surface area contributed by atoms with Crippen molar-refractivity contribution in [2.45, 2.75) is 69.7 Å². The molecule has 1 heterocycles. The van der Waals surface area contributed by atoms with Crippen molar-refractivity contribution in [2.24, 2.45) is 5.92 Å². The van der Waals surface area contributed by atoms with Crippen molar-refractivity contribution in [3.8, 4) is 0 Å². The van der Waals surface area contributed by atoms with Crippen LogP contribution in [-0.2, 0) is 20.9 Å². The lowest BCUT2D eigenvalue weighted by molar-refractivity contribution is -0.142. The minimum atomic E-state index is -1.02. The summed E-state index contributed by atoms with van der Waals surface area (Å²) in [5, 5.41) is 9.10. The number of fused-ring (bicyclic) bond motifs is 2. The van der Waals surface area contributed by atoms with Gasteiger partial charge in [0.2, 0.25) is 5.91 Å². The molecule has 184 valence electrons. The van der Waals surface area contributed by atoms with Gasteiger partial charge in [-0.15, -0.1) is 0 Å². The molecule has 0 aromatic heterocycles. The Hall–Kier alpha value is -3.42. The second-order valence-corrected chi connectivity index (χ2v) is 9.65. The first-order valence-electron chi connectivity index (χ1n) is 12.3. The van der Waals surface area contributed by atoms with E-state index in [4.69, 9.17) is 9.84 Å². The number of carbonyl (C=O) groups excluding carboxylic acids is 2. The second-order valence-electron chi connectivity index (χ2n) is 9.65. The molecule has 2 aromatic carbocycles. The predicted molar refractivity (Wildman–Crippen MR) is 126 cm³/mol. The number of hydrogen-bond donors (Lipinski definition) is 1. The van der Waals surface area contributed by atoms with Gasteiger partial charge in [0.15, 0.2) is 0 Å². The normalized spacial score (nSPS) is 22.8. The fourth-order valence-electron chi connectivity index (χ4n) is 5.71. The minimum Gasteiger partial charge on any atom is -0.481 e. The molecule has 0 saturated heterocycles. The first-order chi connectivity index (χ1) is 16.9. The molecule has 2 aromatic rings. The molecule has 3 atom stereocenters. The summed E-state index contributed by atoms with van der Waals surface area (Å²) in [5.41, 5.74) is 2.04. The lowest BCUT2D eigenvalue weighted by Crippen LogP contribution is -2.53. The highest BCUT2D eigenvalue weighted by molar-refractivity contribution is 5.91. The molecule has 7 nitrogen and oxygen atoms in total. The quantitative estimate of drug-likeness (QED) is 0.599. The number of ether oxygens (including phenoxy) is 1. The van der Waals surface area contributed by atoms with Crippen LogP contribution < -0.4 is 4.90 Å². The maximum Gasteiger partial charge on any atom is 0.414 e. The van der Waals surface area contributed by atoms with E-state index in [1.54, 1.807) is 15.9 Å². The first-order valence-corrected chi connectivity index (χ1v) is 12.3. The molecule has 2 aliphatic carbocycles. The Morgan fingerprint density at radius 1 is 1.03 bits per heavy atom. The SMILES string of the molecule is O=C(O)CCC(=O)N(C1CC1)[C@H]1c2cc(F)ccc2N(C(=O)OCc2ccccc2)[C@H]2CCC[C@@H]21. The molecule has 0 radical (unpaired) electrons. The average molecular weight is 481 g/mol. The number of amides is 2. The third-order valence-corrected chi connectivity index (χ3v) is 7.32. The molecule has 3 aliphatic rings. The summed E-state index contributed by atoms with van der Waals surface area (Å²) in [7, 11) is 0. The van der Waals surface area contributed by atoms with Crippen molar-refractivity contribution in [1.82, 2.24) is 4.90 Å². The largest absolute Gasteiger partial charge is 0.481 e. The van der Waals surface area contributed by atoms with Crippen LogP contribution in [0.3, 0.4) is 0 Å². The molecular formula is C27H29FN2O5. The standard InChI is InChI=1S/C27H29FN2O5/c28-18-9-12-23-21(15-18)26(29(19-10-11-19)24(31)13-14-25(32)33)20-7-4-8-22(20)30(23)27(34)35-16-17-5-2-1-3-6-17/h1-3,5-6,9,12,15,19-20,22,26H,4,7-8,10-11,13-14,16H2,(H,32,33)/t20-,22-,26+/m0/s1. The molecule has 35 heavy (non-hydrogen) atoms. The van der Waals surface area contributed by atoms with Gasteiger partial charge in [0.05, 0.1) is 18.2 Å². The molecular weight excluding hydrogens is 451 g/mol. The Labute approximate surface area is 203 Å². The highest BCUT2D eigenvalue weighted by Crippen LogP contribution is 2.53. The number of hydrogen-bond acceptors (Lipinski definition) is 4. The Morgan fingerprint density at radius 2 is 1.80 bits per heavy atom. The number of anilines is 1. The Bertz CT molecular complexity index is 1120. The van der Waals surface area contributed by atoms with E-state index in [0.717, 1.165) is 37.7 Å². The number of benzene rings is 2. The van der Waals surface area contributed by atoms with Gasteiger partial charge in [0.1, 0.15) is 12.4 Å². The fraction of sp³-hybridized carbons (Fsp3) is 0.444. The summed E-state index contributed by atoms with van der Waals surface area (Å²) in [6, 6.07) is 13.2. The average Bonchev–Trinajstić information content (AvgIpc) is 3.57. The first kappa shape index (κ1) is 23.3. The third kappa shape index (κ3) is 4.74. The number of carboxylic acids is 1. The van der Waals surface area contributed by atoms with E-state index >= 15 is 0 Å². The van der Waals surface area contributed by atoms with Gasteiger partial charge < -0.3 is 14.7 Å². The zero-order valence-corrected chi connectivity index (χ0v) is 19.4. The molecule has 0 unspecified atom stereocenters. The zero-order chi connectivity index (χ0) is 24.5. The monoisotopic (exact) mass is 480 g/mol. The van der Waals surface area contributed by atoms with E-state index in [1.165, 1.54) is 12.1 Å². The highest BCUT2D eigenvalue weighted by Gasteiger charge is 2.51. The Morgan fingerprint density at radius 3 is 2.51 bits per heavy atom. The number of rotatable bonds is 7. The maximum atomic E-state index is 14.5. The van der Waals surface area contributed by atoms with E-state index in [1.807, 2.05) is 30.3 Å². The number of halogens is 1. The summed E-state index contributed by atoms with van der Waals surface area (Å²) >= 11 is 0. The molecule has 2 amide bonds. The van der Waals surface area contributed by atoms with Crippen LogP contribution >= 0.6 is 0 Å². The van der Waals surface area contributed by atoms with E-state index in [9.17, 15) is 18.8 Å². The van der Waals surface area contributed by atoms with Crippen LogP contribution in [0.15, 0.2) is 48.5 Å². The number of nitrogens with zero attached hydrogens (tertiary/aromatic N) is 2. The summed E-state index contributed by atoms with van der Waals surface area (Å²) in [6.45, 7) is 0.134. The van der Waals surface area contributed by atoms with Crippen LogP contribution in [0.25, 0.3) is 0 Å². The van der Waals surface area contributed by atoms with Crippen LogP contribution in [-0.4, -0.2) is 40.1 Å². The summed E-state index contributed by atoms with van der Waals surface area (Å²) < 4.78 is 20.2. The number of carboxylic acid groups (broad SMARTS) is 1.